The monoisotopic (exact) mass is 341 g/mol. The van der Waals surface area contributed by atoms with Gasteiger partial charge in [0.15, 0.2) is 0 Å². The molecule has 0 radical (unpaired) electrons. The number of rotatable bonds is 1. The highest BCUT2D eigenvalue weighted by Gasteiger charge is 2.72. The smallest absolute Gasteiger partial charge is 0.238 e. The van der Waals surface area contributed by atoms with E-state index in [2.05, 4.69) is 22.6 Å². The molecule has 2 unspecified atom stereocenters. The minimum Gasteiger partial charge on any atom is -0.274 e. The molecule has 0 bridgehead atoms. The van der Waals surface area contributed by atoms with E-state index in [4.69, 9.17) is 0 Å². The van der Waals surface area contributed by atoms with Crippen LogP contribution in [-0.2, 0) is 9.59 Å². The lowest BCUT2D eigenvalue weighted by atomic mass is 10.1. The van der Waals surface area contributed by atoms with Crippen molar-refractivity contribution in [2.24, 2.45) is 17.3 Å². The number of anilines is 1. The van der Waals surface area contributed by atoms with Gasteiger partial charge in [-0.1, -0.05) is 26.0 Å². The van der Waals surface area contributed by atoms with Gasteiger partial charge in [-0.15, -0.1) is 0 Å². The van der Waals surface area contributed by atoms with Crippen molar-refractivity contribution in [3.63, 3.8) is 0 Å². The van der Waals surface area contributed by atoms with Crippen LogP contribution in [0.1, 0.15) is 13.8 Å². The average molecular weight is 341 g/mol. The molecule has 0 aromatic heterocycles. The summed E-state index contributed by atoms with van der Waals surface area (Å²) in [5, 5.41) is 0. The van der Waals surface area contributed by atoms with E-state index in [1.165, 1.54) is 4.90 Å². The van der Waals surface area contributed by atoms with Gasteiger partial charge in [0, 0.05) is 3.57 Å². The van der Waals surface area contributed by atoms with Crippen molar-refractivity contribution in [2.75, 3.05) is 4.90 Å². The Morgan fingerprint density at radius 2 is 1.65 bits per heavy atom. The number of hydrogen-bond donors (Lipinski definition) is 0. The van der Waals surface area contributed by atoms with Crippen LogP contribution in [0.25, 0.3) is 0 Å². The van der Waals surface area contributed by atoms with E-state index in [0.717, 1.165) is 9.26 Å². The quantitative estimate of drug-likeness (QED) is 0.581. The Balaban J connectivity index is 2.02. The Morgan fingerprint density at radius 3 is 2.18 bits per heavy atom. The number of piperidine rings is 1. The number of benzene rings is 1. The van der Waals surface area contributed by atoms with Gasteiger partial charge in [-0.05, 0) is 40.1 Å². The molecule has 3 nitrogen and oxygen atoms in total. The fraction of sp³-hybridized carbons (Fsp3) is 0.385. The van der Waals surface area contributed by atoms with Gasteiger partial charge in [-0.2, -0.15) is 0 Å². The van der Waals surface area contributed by atoms with E-state index in [9.17, 15) is 9.59 Å². The highest BCUT2D eigenvalue weighted by molar-refractivity contribution is 14.1. The van der Waals surface area contributed by atoms with Crippen LogP contribution in [-0.4, -0.2) is 11.8 Å². The molecule has 1 aliphatic carbocycles. The average Bonchev–Trinajstić information content (AvgIpc) is 2.72. The zero-order valence-electron chi connectivity index (χ0n) is 9.61. The number of imide groups is 1. The van der Waals surface area contributed by atoms with Gasteiger partial charge in [-0.25, -0.2) is 4.90 Å². The predicted octanol–water partition coefficient (Wildman–Crippen LogP) is 2.44. The van der Waals surface area contributed by atoms with Gasteiger partial charge in [0.25, 0.3) is 0 Å². The SMILES string of the molecule is CC1(C)C2C(=O)N(c3ccccc3I)C(=O)C21. The van der Waals surface area contributed by atoms with Gasteiger partial charge < -0.3 is 0 Å². The van der Waals surface area contributed by atoms with Crippen LogP contribution in [0.3, 0.4) is 0 Å². The lowest BCUT2D eigenvalue weighted by Crippen LogP contribution is -2.36. The van der Waals surface area contributed by atoms with Crippen molar-refractivity contribution in [1.29, 1.82) is 0 Å². The third kappa shape index (κ3) is 1.33. The summed E-state index contributed by atoms with van der Waals surface area (Å²) in [6.07, 6.45) is 0. The summed E-state index contributed by atoms with van der Waals surface area (Å²) in [5.41, 5.74) is 0.594. The third-order valence-electron chi connectivity index (χ3n) is 3.89. The second-order valence-electron chi connectivity index (χ2n) is 5.24. The summed E-state index contributed by atoms with van der Waals surface area (Å²) in [7, 11) is 0. The molecule has 2 atom stereocenters. The highest BCUT2D eigenvalue weighted by Crippen LogP contribution is 2.63. The number of halogens is 1. The molecule has 1 aromatic carbocycles. The summed E-state index contributed by atoms with van der Waals surface area (Å²) < 4.78 is 0.936. The van der Waals surface area contributed by atoms with Gasteiger partial charge in [0.05, 0.1) is 17.5 Å². The Labute approximate surface area is 113 Å². The molecule has 1 aliphatic heterocycles. The van der Waals surface area contributed by atoms with Crippen molar-refractivity contribution >= 4 is 40.1 Å². The molecular weight excluding hydrogens is 329 g/mol. The molecule has 1 aromatic rings. The minimum atomic E-state index is -0.134. The largest absolute Gasteiger partial charge is 0.274 e. The van der Waals surface area contributed by atoms with Gasteiger partial charge in [0.2, 0.25) is 11.8 Å². The van der Waals surface area contributed by atoms with E-state index in [-0.39, 0.29) is 29.1 Å². The Hall–Kier alpha value is -0.910. The van der Waals surface area contributed by atoms with E-state index in [1.54, 1.807) is 0 Å². The third-order valence-corrected chi connectivity index (χ3v) is 4.81. The first kappa shape index (κ1) is 11.2. The Kier molecular flexibility index (Phi) is 2.18. The van der Waals surface area contributed by atoms with Crippen LogP contribution >= 0.6 is 22.6 Å². The fourth-order valence-corrected chi connectivity index (χ4v) is 3.45. The van der Waals surface area contributed by atoms with Gasteiger partial charge in [0.1, 0.15) is 0 Å². The van der Waals surface area contributed by atoms with Crippen LogP contribution in [0, 0.1) is 20.8 Å². The number of fused-ring (bicyclic) bond motifs is 1. The first-order chi connectivity index (χ1) is 7.96. The molecule has 88 valence electrons. The van der Waals surface area contributed by atoms with E-state index >= 15 is 0 Å². The summed E-state index contributed by atoms with van der Waals surface area (Å²) in [6, 6.07) is 7.50. The maximum absolute atomic E-state index is 12.2. The number of nitrogens with zero attached hydrogens (tertiary/aromatic N) is 1. The molecule has 4 heteroatoms. The highest BCUT2D eigenvalue weighted by atomic mass is 127. The lowest BCUT2D eigenvalue weighted by molar-refractivity contribution is -0.125. The maximum atomic E-state index is 12.2. The molecule has 0 spiro atoms. The van der Waals surface area contributed by atoms with Crippen LogP contribution < -0.4 is 4.90 Å². The number of carbonyl (C=O) groups is 2. The van der Waals surface area contributed by atoms with Crippen LogP contribution in [0.4, 0.5) is 5.69 Å². The number of hydrogen-bond acceptors (Lipinski definition) is 2. The summed E-state index contributed by atoms with van der Waals surface area (Å²) >= 11 is 2.15. The Morgan fingerprint density at radius 1 is 1.12 bits per heavy atom. The zero-order valence-corrected chi connectivity index (χ0v) is 11.8. The van der Waals surface area contributed by atoms with Gasteiger partial charge >= 0.3 is 0 Å². The van der Waals surface area contributed by atoms with Crippen molar-refractivity contribution in [1.82, 2.24) is 0 Å². The lowest BCUT2D eigenvalue weighted by Gasteiger charge is -2.21. The van der Waals surface area contributed by atoms with Crippen molar-refractivity contribution in [3.8, 4) is 0 Å². The molecule has 2 fully saturated rings. The normalized spacial score (nSPS) is 29.5. The molecule has 2 amide bonds. The molecule has 2 aliphatic rings. The molecule has 3 rings (SSSR count). The standard InChI is InChI=1S/C13H12INO2/c1-13(2)9-10(13)12(17)15(11(9)16)8-6-4-3-5-7(8)14/h3-6,9-10H,1-2H3. The van der Waals surface area contributed by atoms with Gasteiger partial charge in [-0.3, -0.25) is 9.59 Å². The topological polar surface area (TPSA) is 37.4 Å². The fourth-order valence-electron chi connectivity index (χ4n) is 2.82. The molecular formula is C13H12INO2. The van der Waals surface area contributed by atoms with Crippen LogP contribution in [0.2, 0.25) is 0 Å². The zero-order chi connectivity index (χ0) is 12.4. The molecule has 1 heterocycles. The second-order valence-corrected chi connectivity index (χ2v) is 6.40. The first-order valence-electron chi connectivity index (χ1n) is 5.58. The second kappa shape index (κ2) is 3.31. The van der Waals surface area contributed by atoms with E-state index in [0.29, 0.717) is 0 Å². The molecule has 1 saturated heterocycles. The molecule has 17 heavy (non-hydrogen) atoms. The van der Waals surface area contributed by atoms with E-state index < -0.39 is 0 Å². The van der Waals surface area contributed by atoms with E-state index in [1.807, 2.05) is 38.1 Å². The summed E-state index contributed by atoms with van der Waals surface area (Å²) in [6.45, 7) is 3.98. The number of amides is 2. The minimum absolute atomic E-state index is 0.0332. The Bertz CT molecular complexity index is 514. The summed E-state index contributed by atoms with van der Waals surface area (Å²) in [5.74, 6) is -0.278. The van der Waals surface area contributed by atoms with Crippen molar-refractivity contribution in [3.05, 3.63) is 27.8 Å². The molecule has 1 saturated carbocycles. The van der Waals surface area contributed by atoms with Crippen molar-refractivity contribution < 1.29 is 9.59 Å². The van der Waals surface area contributed by atoms with Crippen molar-refractivity contribution in [2.45, 2.75) is 13.8 Å². The predicted molar refractivity (Wildman–Crippen MR) is 72.4 cm³/mol. The maximum Gasteiger partial charge on any atom is 0.238 e. The number of para-hydroxylation sites is 1. The summed E-state index contributed by atoms with van der Waals surface area (Å²) in [4.78, 5) is 25.8. The molecule has 0 N–H and O–H groups in total. The van der Waals surface area contributed by atoms with Crippen LogP contribution in [0.15, 0.2) is 24.3 Å². The van der Waals surface area contributed by atoms with Crippen LogP contribution in [0.5, 0.6) is 0 Å². The first-order valence-corrected chi connectivity index (χ1v) is 6.66. The number of carbonyl (C=O) groups excluding carboxylic acids is 2.